The highest BCUT2D eigenvalue weighted by molar-refractivity contribution is 7.91. The van der Waals surface area contributed by atoms with Crippen LogP contribution in [0.4, 0.5) is 0 Å². The molecule has 0 aliphatic carbocycles. The van der Waals surface area contributed by atoms with Crippen LogP contribution < -0.4 is 10.1 Å². The molecule has 8 heteroatoms. The largest absolute Gasteiger partial charge is 0.490 e. The van der Waals surface area contributed by atoms with Crippen LogP contribution in [0.15, 0.2) is 35.3 Å². The number of hydrogen-bond donors (Lipinski definition) is 1. The van der Waals surface area contributed by atoms with E-state index in [1.165, 1.54) is 0 Å². The first kappa shape index (κ1) is 19.9. The maximum atomic E-state index is 11.5. The Morgan fingerprint density at radius 1 is 1.15 bits per heavy atom. The molecule has 2 aliphatic rings. The highest BCUT2D eigenvalue weighted by atomic mass is 32.2. The van der Waals surface area contributed by atoms with Crippen LogP contribution in [-0.4, -0.2) is 88.1 Å². The number of rotatable bonds is 5. The molecule has 0 radical (unpaired) electrons. The molecule has 0 saturated carbocycles. The smallest absolute Gasteiger partial charge is 0.193 e. The number of piperidine rings is 1. The van der Waals surface area contributed by atoms with Gasteiger partial charge in [-0.3, -0.25) is 9.89 Å². The van der Waals surface area contributed by atoms with Crippen LogP contribution in [0.1, 0.15) is 12.8 Å². The van der Waals surface area contributed by atoms with E-state index in [1.54, 1.807) is 0 Å². The van der Waals surface area contributed by atoms with Gasteiger partial charge in [0.15, 0.2) is 15.8 Å². The standard InChI is InChI=1S/C19H30N4O3S/c1-20-19(21-9-12-22-13-15-27(24,25)16-14-22)23-10-7-18(8-11-23)26-17-5-3-2-4-6-17/h2-6,18H,7-16H2,1H3,(H,20,21). The number of guanidine groups is 1. The second kappa shape index (κ2) is 9.41. The minimum absolute atomic E-state index is 0.247. The summed E-state index contributed by atoms with van der Waals surface area (Å²) in [5.41, 5.74) is 0. The molecule has 2 aliphatic heterocycles. The second-order valence-electron chi connectivity index (χ2n) is 7.08. The maximum absolute atomic E-state index is 11.5. The first-order valence-corrected chi connectivity index (χ1v) is 11.5. The first-order chi connectivity index (χ1) is 13.1. The molecule has 3 rings (SSSR count). The van der Waals surface area contributed by atoms with Gasteiger partial charge in [0.1, 0.15) is 11.9 Å². The van der Waals surface area contributed by atoms with Crippen LogP contribution in [0.2, 0.25) is 0 Å². The van der Waals surface area contributed by atoms with Crippen LogP contribution in [0.3, 0.4) is 0 Å². The number of sulfone groups is 1. The third-order valence-corrected chi connectivity index (χ3v) is 6.76. The number of likely N-dealkylation sites (tertiary alicyclic amines) is 1. The average Bonchev–Trinajstić information content (AvgIpc) is 2.68. The monoisotopic (exact) mass is 394 g/mol. The fourth-order valence-corrected chi connectivity index (χ4v) is 4.79. The van der Waals surface area contributed by atoms with Gasteiger partial charge in [0.25, 0.3) is 0 Å². The molecule has 0 unspecified atom stereocenters. The Morgan fingerprint density at radius 2 is 1.81 bits per heavy atom. The van der Waals surface area contributed by atoms with Gasteiger partial charge in [-0.25, -0.2) is 8.42 Å². The maximum Gasteiger partial charge on any atom is 0.193 e. The third kappa shape index (κ3) is 6.10. The van der Waals surface area contributed by atoms with Crippen molar-refractivity contribution < 1.29 is 13.2 Å². The summed E-state index contributed by atoms with van der Waals surface area (Å²) in [6.07, 6.45) is 2.19. The van der Waals surface area contributed by atoms with Crippen molar-refractivity contribution in [2.24, 2.45) is 4.99 Å². The molecule has 0 amide bonds. The summed E-state index contributed by atoms with van der Waals surface area (Å²) in [4.78, 5) is 8.87. The molecule has 0 aromatic heterocycles. The van der Waals surface area contributed by atoms with Crippen molar-refractivity contribution in [3.63, 3.8) is 0 Å². The van der Waals surface area contributed by atoms with Crippen LogP contribution in [0.5, 0.6) is 5.75 Å². The molecule has 0 bridgehead atoms. The van der Waals surface area contributed by atoms with Crippen molar-refractivity contribution in [2.75, 3.05) is 57.8 Å². The van der Waals surface area contributed by atoms with E-state index < -0.39 is 9.84 Å². The van der Waals surface area contributed by atoms with Gasteiger partial charge in [0, 0.05) is 59.2 Å². The molecule has 1 aromatic carbocycles. The van der Waals surface area contributed by atoms with E-state index in [2.05, 4.69) is 20.1 Å². The van der Waals surface area contributed by atoms with E-state index in [9.17, 15) is 8.42 Å². The van der Waals surface area contributed by atoms with E-state index >= 15 is 0 Å². The van der Waals surface area contributed by atoms with E-state index in [0.717, 1.165) is 50.7 Å². The summed E-state index contributed by atoms with van der Waals surface area (Å²) in [6, 6.07) is 9.98. The average molecular weight is 395 g/mol. The Balaban J connectivity index is 1.38. The minimum atomic E-state index is -2.81. The lowest BCUT2D eigenvalue weighted by Crippen LogP contribution is -2.50. The van der Waals surface area contributed by atoms with Gasteiger partial charge in [-0.2, -0.15) is 0 Å². The Labute approximate surface area is 162 Å². The van der Waals surface area contributed by atoms with Crippen molar-refractivity contribution >= 4 is 15.8 Å². The fourth-order valence-electron chi connectivity index (χ4n) is 3.51. The predicted octanol–water partition coefficient (Wildman–Crippen LogP) is 0.836. The van der Waals surface area contributed by atoms with Gasteiger partial charge in [-0.1, -0.05) is 18.2 Å². The van der Waals surface area contributed by atoms with E-state index in [-0.39, 0.29) is 17.6 Å². The van der Waals surface area contributed by atoms with Crippen LogP contribution >= 0.6 is 0 Å². The first-order valence-electron chi connectivity index (χ1n) is 9.66. The molecular formula is C19H30N4O3S. The number of nitrogens with one attached hydrogen (secondary N) is 1. The van der Waals surface area contributed by atoms with Gasteiger partial charge in [0.2, 0.25) is 0 Å². The SMILES string of the molecule is CN=C(NCCN1CCS(=O)(=O)CC1)N1CCC(Oc2ccccc2)CC1. The summed E-state index contributed by atoms with van der Waals surface area (Å²) < 4.78 is 29.0. The second-order valence-corrected chi connectivity index (χ2v) is 9.39. The molecule has 0 atom stereocenters. The van der Waals surface area contributed by atoms with Gasteiger partial charge in [0.05, 0.1) is 11.5 Å². The zero-order valence-corrected chi connectivity index (χ0v) is 16.8. The number of aliphatic imine (C=N–C) groups is 1. The third-order valence-electron chi connectivity index (χ3n) is 5.15. The van der Waals surface area contributed by atoms with Crippen LogP contribution in [0, 0.1) is 0 Å². The summed E-state index contributed by atoms with van der Waals surface area (Å²) in [7, 11) is -1.00. The number of benzene rings is 1. The quantitative estimate of drug-likeness (QED) is 0.589. The highest BCUT2D eigenvalue weighted by Crippen LogP contribution is 2.18. The normalized spacial score (nSPS) is 21.8. The fraction of sp³-hybridized carbons (Fsp3) is 0.632. The molecule has 2 saturated heterocycles. The zero-order valence-electron chi connectivity index (χ0n) is 16.0. The van der Waals surface area contributed by atoms with Crippen LogP contribution in [-0.2, 0) is 9.84 Å². The number of nitrogens with zero attached hydrogens (tertiary/aromatic N) is 3. The lowest BCUT2D eigenvalue weighted by Gasteiger charge is -2.34. The minimum Gasteiger partial charge on any atom is -0.490 e. The predicted molar refractivity (Wildman–Crippen MR) is 108 cm³/mol. The van der Waals surface area contributed by atoms with E-state index in [1.807, 2.05) is 37.4 Å². The lowest BCUT2D eigenvalue weighted by molar-refractivity contribution is 0.129. The van der Waals surface area contributed by atoms with Crippen molar-refractivity contribution in [1.82, 2.24) is 15.1 Å². The highest BCUT2D eigenvalue weighted by Gasteiger charge is 2.24. The molecule has 1 aromatic rings. The Hall–Kier alpha value is -1.80. The molecule has 0 spiro atoms. The Bertz CT molecular complexity index is 702. The zero-order chi connectivity index (χ0) is 19.1. The van der Waals surface area contributed by atoms with Crippen LogP contribution in [0.25, 0.3) is 0 Å². The lowest BCUT2D eigenvalue weighted by atomic mass is 10.1. The van der Waals surface area contributed by atoms with E-state index in [4.69, 9.17) is 4.74 Å². The molecule has 2 heterocycles. The van der Waals surface area contributed by atoms with Gasteiger partial charge in [-0.05, 0) is 12.1 Å². The van der Waals surface area contributed by atoms with E-state index in [0.29, 0.717) is 13.1 Å². The van der Waals surface area contributed by atoms with Gasteiger partial charge < -0.3 is 15.0 Å². The summed E-state index contributed by atoms with van der Waals surface area (Å²) in [5, 5.41) is 3.42. The molecule has 150 valence electrons. The number of hydrogen-bond acceptors (Lipinski definition) is 5. The van der Waals surface area contributed by atoms with Crippen molar-refractivity contribution in [2.45, 2.75) is 18.9 Å². The molecule has 2 fully saturated rings. The topological polar surface area (TPSA) is 74.2 Å². The summed E-state index contributed by atoms with van der Waals surface area (Å²) >= 11 is 0. The molecular weight excluding hydrogens is 364 g/mol. The number of para-hydroxylation sites is 1. The van der Waals surface area contributed by atoms with Gasteiger partial charge >= 0.3 is 0 Å². The molecule has 7 nitrogen and oxygen atoms in total. The Kier molecular flexibility index (Phi) is 6.95. The Morgan fingerprint density at radius 3 is 2.44 bits per heavy atom. The van der Waals surface area contributed by atoms with Crippen molar-refractivity contribution in [3.05, 3.63) is 30.3 Å². The van der Waals surface area contributed by atoms with Crippen molar-refractivity contribution in [3.8, 4) is 5.75 Å². The summed E-state index contributed by atoms with van der Waals surface area (Å²) in [5.74, 6) is 2.40. The molecule has 1 N–H and O–H groups in total. The van der Waals surface area contributed by atoms with Crippen molar-refractivity contribution in [1.29, 1.82) is 0 Å². The molecule has 27 heavy (non-hydrogen) atoms. The number of ether oxygens (including phenoxy) is 1. The van der Waals surface area contributed by atoms with Gasteiger partial charge in [-0.15, -0.1) is 0 Å². The summed E-state index contributed by atoms with van der Waals surface area (Å²) in [6.45, 7) is 4.70.